The number of nitro benzene ring substituents is 1. The number of carbonyl (C=O) groups is 1. The molecule has 1 saturated carbocycles. The standard InChI is InChI=1S/C14H19N3O4/c1-9(14(18)16-11-4-5-11)21-13-6-3-10(8-15-2)7-12(13)17(19)20/h3,6-7,9,11,15H,4-5,8H2,1-2H3,(H,16,18). The van der Waals surface area contributed by atoms with E-state index in [0.717, 1.165) is 18.4 Å². The molecule has 1 amide bonds. The van der Waals surface area contributed by atoms with E-state index in [1.165, 1.54) is 12.1 Å². The summed E-state index contributed by atoms with van der Waals surface area (Å²) in [6, 6.07) is 4.96. The summed E-state index contributed by atoms with van der Waals surface area (Å²) >= 11 is 0. The summed E-state index contributed by atoms with van der Waals surface area (Å²) < 4.78 is 5.46. The van der Waals surface area contributed by atoms with Crippen molar-refractivity contribution in [3.05, 3.63) is 33.9 Å². The van der Waals surface area contributed by atoms with E-state index < -0.39 is 11.0 Å². The van der Waals surface area contributed by atoms with Gasteiger partial charge in [0.1, 0.15) is 0 Å². The molecule has 0 heterocycles. The topological polar surface area (TPSA) is 93.5 Å². The van der Waals surface area contributed by atoms with Crippen LogP contribution in [-0.2, 0) is 11.3 Å². The highest BCUT2D eigenvalue weighted by Gasteiger charge is 2.27. The summed E-state index contributed by atoms with van der Waals surface area (Å²) in [4.78, 5) is 22.5. The molecule has 114 valence electrons. The van der Waals surface area contributed by atoms with Gasteiger partial charge in [0.15, 0.2) is 11.9 Å². The number of benzene rings is 1. The number of ether oxygens (including phenoxy) is 1. The van der Waals surface area contributed by atoms with Gasteiger partial charge in [0, 0.05) is 18.7 Å². The number of nitro groups is 1. The number of hydrogen-bond donors (Lipinski definition) is 2. The molecule has 7 nitrogen and oxygen atoms in total. The highest BCUT2D eigenvalue weighted by atomic mass is 16.6. The van der Waals surface area contributed by atoms with E-state index >= 15 is 0 Å². The molecule has 0 saturated heterocycles. The van der Waals surface area contributed by atoms with Crippen LogP contribution in [0.5, 0.6) is 5.75 Å². The predicted molar refractivity (Wildman–Crippen MR) is 77.1 cm³/mol. The molecule has 0 aliphatic heterocycles. The van der Waals surface area contributed by atoms with Crippen LogP contribution in [0.2, 0.25) is 0 Å². The van der Waals surface area contributed by atoms with Crippen LogP contribution in [0.25, 0.3) is 0 Å². The van der Waals surface area contributed by atoms with Crippen LogP contribution in [0.4, 0.5) is 5.69 Å². The zero-order valence-corrected chi connectivity index (χ0v) is 12.1. The van der Waals surface area contributed by atoms with Crippen molar-refractivity contribution in [2.75, 3.05) is 7.05 Å². The number of nitrogens with zero attached hydrogens (tertiary/aromatic N) is 1. The van der Waals surface area contributed by atoms with Crippen molar-refractivity contribution in [1.82, 2.24) is 10.6 Å². The largest absolute Gasteiger partial charge is 0.474 e. The van der Waals surface area contributed by atoms with E-state index in [1.807, 2.05) is 0 Å². The Bertz CT molecular complexity index is 543. The maximum absolute atomic E-state index is 11.8. The first-order valence-electron chi connectivity index (χ1n) is 6.90. The average molecular weight is 293 g/mol. The van der Waals surface area contributed by atoms with Gasteiger partial charge < -0.3 is 15.4 Å². The van der Waals surface area contributed by atoms with E-state index in [1.54, 1.807) is 20.0 Å². The van der Waals surface area contributed by atoms with Gasteiger partial charge in [-0.25, -0.2) is 0 Å². The van der Waals surface area contributed by atoms with Gasteiger partial charge in [0.05, 0.1) is 4.92 Å². The molecule has 0 bridgehead atoms. The molecule has 1 unspecified atom stereocenters. The molecule has 1 aromatic rings. The second-order valence-electron chi connectivity index (χ2n) is 5.13. The van der Waals surface area contributed by atoms with Gasteiger partial charge >= 0.3 is 5.69 Å². The lowest BCUT2D eigenvalue weighted by molar-refractivity contribution is -0.386. The van der Waals surface area contributed by atoms with E-state index in [0.29, 0.717) is 6.54 Å². The Kier molecular flexibility index (Phi) is 4.74. The van der Waals surface area contributed by atoms with Crippen molar-refractivity contribution >= 4 is 11.6 Å². The third-order valence-corrected chi connectivity index (χ3v) is 3.20. The number of hydrogen-bond acceptors (Lipinski definition) is 5. The lowest BCUT2D eigenvalue weighted by Crippen LogP contribution is -2.37. The molecule has 1 fully saturated rings. The summed E-state index contributed by atoms with van der Waals surface area (Å²) in [5.41, 5.74) is 0.653. The van der Waals surface area contributed by atoms with Crippen molar-refractivity contribution in [2.45, 2.75) is 38.5 Å². The first kappa shape index (κ1) is 15.2. The Hall–Kier alpha value is -2.15. The minimum atomic E-state index is -0.764. The van der Waals surface area contributed by atoms with Gasteiger partial charge in [-0.2, -0.15) is 0 Å². The molecular weight excluding hydrogens is 274 g/mol. The zero-order valence-electron chi connectivity index (χ0n) is 12.1. The summed E-state index contributed by atoms with van der Waals surface area (Å²) in [5, 5.41) is 16.9. The molecule has 1 aromatic carbocycles. The molecule has 0 aromatic heterocycles. The fraction of sp³-hybridized carbons (Fsp3) is 0.500. The summed E-state index contributed by atoms with van der Waals surface area (Å²) in [6.07, 6.45) is 1.20. The lowest BCUT2D eigenvalue weighted by atomic mass is 10.2. The van der Waals surface area contributed by atoms with Crippen LogP contribution in [0.1, 0.15) is 25.3 Å². The van der Waals surface area contributed by atoms with Gasteiger partial charge in [0.25, 0.3) is 5.91 Å². The lowest BCUT2D eigenvalue weighted by Gasteiger charge is -2.15. The first-order valence-corrected chi connectivity index (χ1v) is 6.90. The van der Waals surface area contributed by atoms with Crippen molar-refractivity contribution < 1.29 is 14.5 Å². The maximum atomic E-state index is 11.8. The summed E-state index contributed by atoms with van der Waals surface area (Å²) in [5.74, 6) is -0.135. The molecule has 21 heavy (non-hydrogen) atoms. The molecule has 1 aliphatic rings. The van der Waals surface area contributed by atoms with Crippen LogP contribution in [-0.4, -0.2) is 30.0 Å². The quantitative estimate of drug-likeness (QED) is 0.585. The molecule has 2 N–H and O–H groups in total. The monoisotopic (exact) mass is 293 g/mol. The predicted octanol–water partition coefficient (Wildman–Crippen LogP) is 1.36. The van der Waals surface area contributed by atoms with Gasteiger partial charge in [-0.3, -0.25) is 14.9 Å². The average Bonchev–Trinajstić information content (AvgIpc) is 3.24. The molecule has 0 spiro atoms. The van der Waals surface area contributed by atoms with Gasteiger partial charge in [-0.05, 0) is 38.4 Å². The van der Waals surface area contributed by atoms with Crippen molar-refractivity contribution in [2.24, 2.45) is 0 Å². The molecule has 1 atom stereocenters. The van der Waals surface area contributed by atoms with Gasteiger partial charge in [0.2, 0.25) is 0 Å². The zero-order chi connectivity index (χ0) is 15.4. The third kappa shape index (κ3) is 4.16. The van der Waals surface area contributed by atoms with E-state index in [4.69, 9.17) is 4.74 Å². The van der Waals surface area contributed by atoms with Crippen LogP contribution >= 0.6 is 0 Å². The van der Waals surface area contributed by atoms with Gasteiger partial charge in [-0.15, -0.1) is 0 Å². The van der Waals surface area contributed by atoms with Gasteiger partial charge in [-0.1, -0.05) is 6.07 Å². The fourth-order valence-electron chi connectivity index (χ4n) is 1.91. The molecule has 2 rings (SSSR count). The van der Waals surface area contributed by atoms with E-state index in [2.05, 4.69) is 10.6 Å². The van der Waals surface area contributed by atoms with Crippen molar-refractivity contribution in [1.29, 1.82) is 0 Å². The minimum Gasteiger partial charge on any atom is -0.474 e. The van der Waals surface area contributed by atoms with Crippen LogP contribution in [0.15, 0.2) is 18.2 Å². The highest BCUT2D eigenvalue weighted by Crippen LogP contribution is 2.29. The van der Waals surface area contributed by atoms with E-state index in [-0.39, 0.29) is 23.4 Å². The van der Waals surface area contributed by atoms with Crippen LogP contribution in [0, 0.1) is 10.1 Å². The number of amides is 1. The molecule has 0 radical (unpaired) electrons. The summed E-state index contributed by atoms with van der Waals surface area (Å²) in [7, 11) is 1.76. The Labute approximate surface area is 122 Å². The number of carbonyl (C=O) groups excluding carboxylic acids is 1. The molecule has 1 aliphatic carbocycles. The Morgan fingerprint density at radius 2 is 2.24 bits per heavy atom. The SMILES string of the molecule is CNCc1ccc(OC(C)C(=O)NC2CC2)c([N+](=O)[O-])c1. The molecule has 7 heteroatoms. The number of rotatable bonds is 7. The fourth-order valence-corrected chi connectivity index (χ4v) is 1.91. The highest BCUT2D eigenvalue weighted by molar-refractivity contribution is 5.81. The molecular formula is C14H19N3O4. The van der Waals surface area contributed by atoms with Crippen LogP contribution in [0.3, 0.4) is 0 Å². The summed E-state index contributed by atoms with van der Waals surface area (Å²) in [6.45, 7) is 2.11. The first-order chi connectivity index (χ1) is 10.0. The van der Waals surface area contributed by atoms with Crippen LogP contribution < -0.4 is 15.4 Å². The van der Waals surface area contributed by atoms with Crippen molar-refractivity contribution in [3.63, 3.8) is 0 Å². The maximum Gasteiger partial charge on any atom is 0.311 e. The Morgan fingerprint density at radius 3 is 2.81 bits per heavy atom. The second-order valence-corrected chi connectivity index (χ2v) is 5.13. The normalized spacial score (nSPS) is 15.3. The van der Waals surface area contributed by atoms with E-state index in [9.17, 15) is 14.9 Å². The Morgan fingerprint density at radius 1 is 1.52 bits per heavy atom. The minimum absolute atomic E-state index is 0.110. The second kappa shape index (κ2) is 6.53. The third-order valence-electron chi connectivity index (χ3n) is 3.20. The smallest absolute Gasteiger partial charge is 0.311 e. The van der Waals surface area contributed by atoms with Crippen molar-refractivity contribution in [3.8, 4) is 5.75 Å². The number of nitrogens with one attached hydrogen (secondary N) is 2. The Balaban J connectivity index is 2.10.